The van der Waals surface area contributed by atoms with Crippen LogP contribution in [0.4, 0.5) is 0 Å². The third-order valence-corrected chi connectivity index (χ3v) is 4.30. The maximum Gasteiger partial charge on any atom is 0.263 e. The summed E-state index contributed by atoms with van der Waals surface area (Å²) in [7, 11) is 1.58. The molecule has 132 valence electrons. The zero-order valence-electron chi connectivity index (χ0n) is 14.7. The first kappa shape index (κ1) is 16.7. The van der Waals surface area contributed by atoms with Crippen molar-refractivity contribution >= 4 is 0 Å². The minimum atomic E-state index is -0.146. The van der Waals surface area contributed by atoms with E-state index in [0.29, 0.717) is 16.9 Å². The Kier molecular flexibility index (Phi) is 4.49. The number of pyridine rings is 3. The van der Waals surface area contributed by atoms with Gasteiger partial charge in [-0.25, -0.2) is 0 Å². The average molecular weight is 355 g/mol. The van der Waals surface area contributed by atoms with Crippen molar-refractivity contribution in [3.05, 3.63) is 95.8 Å². The van der Waals surface area contributed by atoms with E-state index >= 15 is 0 Å². The molecule has 4 aromatic rings. The van der Waals surface area contributed by atoms with Crippen LogP contribution in [0.1, 0.15) is 0 Å². The number of para-hydroxylation sites is 1. The molecule has 0 saturated heterocycles. The predicted octanol–water partition coefficient (Wildman–Crippen LogP) is 3.97. The summed E-state index contributed by atoms with van der Waals surface area (Å²) in [5, 5.41) is 0. The summed E-state index contributed by atoms with van der Waals surface area (Å²) in [4.78, 5) is 21.9. The summed E-state index contributed by atoms with van der Waals surface area (Å²) in [6.07, 6.45) is 6.83. The SMILES string of the molecule is COc1ccncc1-c1cc(-c2ccccn2)cn(-c2ccccc2)c1=O. The van der Waals surface area contributed by atoms with Gasteiger partial charge in [-0.15, -0.1) is 0 Å². The fourth-order valence-electron chi connectivity index (χ4n) is 2.99. The number of benzene rings is 1. The summed E-state index contributed by atoms with van der Waals surface area (Å²) in [6.45, 7) is 0. The highest BCUT2D eigenvalue weighted by molar-refractivity contribution is 5.74. The molecule has 5 nitrogen and oxygen atoms in total. The maximum absolute atomic E-state index is 13.3. The highest BCUT2D eigenvalue weighted by Gasteiger charge is 2.15. The van der Waals surface area contributed by atoms with E-state index in [1.54, 1.807) is 36.3 Å². The lowest BCUT2D eigenvalue weighted by molar-refractivity contribution is 0.416. The summed E-state index contributed by atoms with van der Waals surface area (Å²) in [5.41, 5.74) is 3.40. The molecule has 3 heterocycles. The third kappa shape index (κ3) is 3.22. The number of hydrogen-bond donors (Lipinski definition) is 0. The van der Waals surface area contributed by atoms with Crippen molar-refractivity contribution in [3.63, 3.8) is 0 Å². The molecule has 5 heteroatoms. The smallest absolute Gasteiger partial charge is 0.263 e. The molecule has 0 radical (unpaired) electrons. The minimum absolute atomic E-state index is 0.146. The molecule has 0 N–H and O–H groups in total. The van der Waals surface area contributed by atoms with E-state index in [9.17, 15) is 4.79 Å². The van der Waals surface area contributed by atoms with Crippen molar-refractivity contribution in [2.24, 2.45) is 0 Å². The van der Waals surface area contributed by atoms with E-state index in [1.807, 2.05) is 60.8 Å². The molecule has 0 spiro atoms. The zero-order valence-corrected chi connectivity index (χ0v) is 14.7. The molecule has 0 amide bonds. The molecule has 0 atom stereocenters. The van der Waals surface area contributed by atoms with Crippen LogP contribution in [-0.2, 0) is 0 Å². The van der Waals surface area contributed by atoms with Gasteiger partial charge in [-0.05, 0) is 36.4 Å². The van der Waals surface area contributed by atoms with E-state index in [4.69, 9.17) is 4.74 Å². The number of nitrogens with zero attached hydrogens (tertiary/aromatic N) is 3. The maximum atomic E-state index is 13.3. The van der Waals surface area contributed by atoms with E-state index < -0.39 is 0 Å². The van der Waals surface area contributed by atoms with Crippen molar-refractivity contribution in [1.82, 2.24) is 14.5 Å². The molecule has 27 heavy (non-hydrogen) atoms. The molecular weight excluding hydrogens is 338 g/mol. The number of ether oxygens (including phenoxy) is 1. The molecule has 0 aliphatic carbocycles. The second kappa shape index (κ2) is 7.25. The Bertz CT molecular complexity index is 1120. The van der Waals surface area contributed by atoms with Crippen molar-refractivity contribution in [2.75, 3.05) is 7.11 Å². The van der Waals surface area contributed by atoms with Crippen LogP contribution in [0, 0.1) is 0 Å². The van der Waals surface area contributed by atoms with Gasteiger partial charge in [0.25, 0.3) is 5.56 Å². The second-order valence-electron chi connectivity index (χ2n) is 5.94. The standard InChI is InChI=1S/C22H17N3O2/c1-27-21-10-12-23-14-19(21)18-13-16(20-9-5-6-11-24-20)15-25(22(18)26)17-7-3-2-4-8-17/h2-15H,1H3. The van der Waals surface area contributed by atoms with Gasteiger partial charge in [-0.2, -0.15) is 0 Å². The Hall–Kier alpha value is -3.73. The average Bonchev–Trinajstić information content (AvgIpc) is 2.75. The quantitative estimate of drug-likeness (QED) is 0.556. The van der Waals surface area contributed by atoms with Gasteiger partial charge < -0.3 is 4.74 Å². The summed E-state index contributed by atoms with van der Waals surface area (Å²) < 4.78 is 7.07. The number of rotatable bonds is 4. The fourth-order valence-corrected chi connectivity index (χ4v) is 2.99. The lowest BCUT2D eigenvalue weighted by atomic mass is 10.0. The lowest BCUT2D eigenvalue weighted by Crippen LogP contribution is -2.20. The van der Waals surface area contributed by atoms with Crippen LogP contribution in [-0.4, -0.2) is 21.6 Å². The highest BCUT2D eigenvalue weighted by atomic mass is 16.5. The molecular formula is C22H17N3O2. The van der Waals surface area contributed by atoms with Crippen LogP contribution in [0.25, 0.3) is 28.1 Å². The second-order valence-corrected chi connectivity index (χ2v) is 5.94. The van der Waals surface area contributed by atoms with Crippen LogP contribution >= 0.6 is 0 Å². The van der Waals surface area contributed by atoms with Gasteiger partial charge in [0, 0.05) is 41.6 Å². The van der Waals surface area contributed by atoms with Crippen molar-refractivity contribution < 1.29 is 4.74 Å². The van der Waals surface area contributed by atoms with E-state index in [1.165, 1.54) is 0 Å². The summed E-state index contributed by atoms with van der Waals surface area (Å²) in [6, 6.07) is 18.8. The molecule has 0 bridgehead atoms. The first-order valence-corrected chi connectivity index (χ1v) is 8.50. The van der Waals surface area contributed by atoms with Crippen LogP contribution in [0.5, 0.6) is 5.75 Å². The molecule has 0 unspecified atom stereocenters. The van der Waals surface area contributed by atoms with Crippen molar-refractivity contribution in [1.29, 1.82) is 0 Å². The van der Waals surface area contributed by atoms with Crippen LogP contribution in [0.2, 0.25) is 0 Å². The topological polar surface area (TPSA) is 57.0 Å². The van der Waals surface area contributed by atoms with Crippen LogP contribution < -0.4 is 10.3 Å². The number of aromatic nitrogens is 3. The normalized spacial score (nSPS) is 10.6. The Morgan fingerprint density at radius 3 is 2.48 bits per heavy atom. The van der Waals surface area contributed by atoms with Gasteiger partial charge in [-0.3, -0.25) is 19.3 Å². The Labute approximate surface area is 156 Å². The van der Waals surface area contributed by atoms with Gasteiger partial charge in [0.15, 0.2) is 0 Å². The van der Waals surface area contributed by atoms with Gasteiger partial charge >= 0.3 is 0 Å². The van der Waals surface area contributed by atoms with Gasteiger partial charge in [0.05, 0.1) is 18.4 Å². The largest absolute Gasteiger partial charge is 0.496 e. The molecule has 0 saturated carbocycles. The monoisotopic (exact) mass is 355 g/mol. The van der Waals surface area contributed by atoms with Gasteiger partial charge in [0.1, 0.15) is 5.75 Å². The first-order chi connectivity index (χ1) is 13.3. The molecule has 0 fully saturated rings. The third-order valence-electron chi connectivity index (χ3n) is 4.30. The lowest BCUT2D eigenvalue weighted by Gasteiger charge is -2.13. The molecule has 3 aromatic heterocycles. The molecule has 1 aromatic carbocycles. The van der Waals surface area contributed by atoms with E-state index in [2.05, 4.69) is 9.97 Å². The number of methoxy groups -OCH3 is 1. The Balaban J connectivity index is 2.02. The zero-order chi connectivity index (χ0) is 18.6. The summed E-state index contributed by atoms with van der Waals surface area (Å²) in [5.74, 6) is 0.597. The van der Waals surface area contributed by atoms with Crippen molar-refractivity contribution in [2.45, 2.75) is 0 Å². The van der Waals surface area contributed by atoms with Crippen LogP contribution in [0.15, 0.2) is 90.2 Å². The van der Waals surface area contributed by atoms with Crippen LogP contribution in [0.3, 0.4) is 0 Å². The van der Waals surface area contributed by atoms with E-state index in [-0.39, 0.29) is 5.56 Å². The molecule has 0 aliphatic heterocycles. The fraction of sp³-hybridized carbons (Fsp3) is 0.0455. The van der Waals surface area contributed by atoms with Gasteiger partial charge in [-0.1, -0.05) is 24.3 Å². The van der Waals surface area contributed by atoms with E-state index in [0.717, 1.165) is 16.9 Å². The first-order valence-electron chi connectivity index (χ1n) is 8.50. The van der Waals surface area contributed by atoms with Crippen molar-refractivity contribution in [3.8, 4) is 33.8 Å². The molecule has 4 rings (SSSR count). The van der Waals surface area contributed by atoms with Gasteiger partial charge in [0.2, 0.25) is 0 Å². The molecule has 0 aliphatic rings. The Morgan fingerprint density at radius 2 is 1.74 bits per heavy atom. The minimum Gasteiger partial charge on any atom is -0.496 e. The number of hydrogen-bond acceptors (Lipinski definition) is 4. The Morgan fingerprint density at radius 1 is 0.926 bits per heavy atom. The summed E-state index contributed by atoms with van der Waals surface area (Å²) >= 11 is 0. The predicted molar refractivity (Wildman–Crippen MR) is 105 cm³/mol. The highest BCUT2D eigenvalue weighted by Crippen LogP contribution is 2.29.